The van der Waals surface area contributed by atoms with Gasteiger partial charge in [0.1, 0.15) is 0 Å². The standard InChI is InChI=1S/C13H17N3O2S/c1-3-17-8-10(14)12-15-13(18-16-12)9-6-4-5-7-11(9)19-2/h4-7,10H,3,8,14H2,1-2H3. The average molecular weight is 279 g/mol. The highest BCUT2D eigenvalue weighted by Gasteiger charge is 2.16. The summed E-state index contributed by atoms with van der Waals surface area (Å²) >= 11 is 1.64. The predicted molar refractivity (Wildman–Crippen MR) is 74.9 cm³/mol. The van der Waals surface area contributed by atoms with E-state index in [4.69, 9.17) is 15.0 Å². The van der Waals surface area contributed by atoms with Crippen LogP contribution in [0.4, 0.5) is 0 Å². The Bertz CT molecular complexity index is 530. The molecule has 0 saturated heterocycles. The Balaban J connectivity index is 2.20. The molecule has 0 fully saturated rings. The summed E-state index contributed by atoms with van der Waals surface area (Å²) in [6.07, 6.45) is 2.01. The van der Waals surface area contributed by atoms with Gasteiger partial charge in [-0.05, 0) is 25.3 Å². The van der Waals surface area contributed by atoms with E-state index < -0.39 is 0 Å². The van der Waals surface area contributed by atoms with Crippen molar-refractivity contribution in [2.75, 3.05) is 19.5 Å². The zero-order valence-corrected chi connectivity index (χ0v) is 11.8. The molecule has 1 unspecified atom stereocenters. The minimum Gasteiger partial charge on any atom is -0.380 e. The molecule has 0 saturated carbocycles. The molecule has 1 aromatic heterocycles. The third kappa shape index (κ3) is 3.34. The number of hydrogen-bond acceptors (Lipinski definition) is 6. The van der Waals surface area contributed by atoms with E-state index >= 15 is 0 Å². The number of nitrogens with two attached hydrogens (primary N) is 1. The Labute approximate surface area is 116 Å². The lowest BCUT2D eigenvalue weighted by Gasteiger charge is -2.05. The summed E-state index contributed by atoms with van der Waals surface area (Å²) in [6, 6.07) is 7.53. The monoisotopic (exact) mass is 279 g/mol. The summed E-state index contributed by atoms with van der Waals surface area (Å²) in [5.74, 6) is 0.964. The molecule has 0 aliphatic rings. The number of rotatable bonds is 6. The van der Waals surface area contributed by atoms with Crippen molar-refractivity contribution in [1.29, 1.82) is 0 Å². The molecular weight excluding hydrogens is 262 g/mol. The molecule has 102 valence electrons. The SMILES string of the molecule is CCOCC(N)c1noc(-c2ccccc2SC)n1. The Morgan fingerprint density at radius 2 is 2.21 bits per heavy atom. The first-order chi connectivity index (χ1) is 9.26. The van der Waals surface area contributed by atoms with Gasteiger partial charge in [0, 0.05) is 11.5 Å². The van der Waals surface area contributed by atoms with Gasteiger partial charge in [0.05, 0.1) is 18.2 Å². The van der Waals surface area contributed by atoms with E-state index in [0.29, 0.717) is 24.9 Å². The van der Waals surface area contributed by atoms with Crippen molar-refractivity contribution in [2.45, 2.75) is 17.9 Å². The van der Waals surface area contributed by atoms with Gasteiger partial charge in [-0.3, -0.25) is 0 Å². The minimum absolute atomic E-state index is 0.362. The molecule has 1 atom stereocenters. The topological polar surface area (TPSA) is 74.2 Å². The van der Waals surface area contributed by atoms with E-state index in [1.807, 2.05) is 37.4 Å². The van der Waals surface area contributed by atoms with Gasteiger partial charge in [0.2, 0.25) is 0 Å². The highest BCUT2D eigenvalue weighted by atomic mass is 32.2. The van der Waals surface area contributed by atoms with Crippen LogP contribution in [0.3, 0.4) is 0 Å². The molecule has 1 heterocycles. The van der Waals surface area contributed by atoms with Crippen LogP contribution in [0.5, 0.6) is 0 Å². The number of nitrogens with zero attached hydrogens (tertiary/aromatic N) is 2. The lowest BCUT2D eigenvalue weighted by Crippen LogP contribution is -2.18. The quantitative estimate of drug-likeness (QED) is 0.819. The molecular formula is C13H17N3O2S. The molecule has 0 amide bonds. The summed E-state index contributed by atoms with van der Waals surface area (Å²) in [5.41, 5.74) is 6.86. The zero-order chi connectivity index (χ0) is 13.7. The van der Waals surface area contributed by atoms with Crippen LogP contribution >= 0.6 is 11.8 Å². The van der Waals surface area contributed by atoms with Crippen molar-refractivity contribution in [3.63, 3.8) is 0 Å². The third-order valence-electron chi connectivity index (χ3n) is 2.61. The molecule has 1 aromatic carbocycles. The second-order valence-corrected chi connectivity index (χ2v) is 4.77. The van der Waals surface area contributed by atoms with Gasteiger partial charge in [-0.1, -0.05) is 17.3 Å². The van der Waals surface area contributed by atoms with Crippen molar-refractivity contribution >= 4 is 11.8 Å². The predicted octanol–water partition coefficient (Wildman–Crippen LogP) is 2.49. The van der Waals surface area contributed by atoms with Crippen LogP contribution in [0.1, 0.15) is 18.8 Å². The highest BCUT2D eigenvalue weighted by Crippen LogP contribution is 2.29. The van der Waals surface area contributed by atoms with Crippen LogP contribution in [-0.4, -0.2) is 29.6 Å². The Hall–Kier alpha value is -1.37. The van der Waals surface area contributed by atoms with E-state index in [2.05, 4.69) is 10.1 Å². The molecule has 0 radical (unpaired) electrons. The Morgan fingerprint density at radius 3 is 2.95 bits per heavy atom. The molecule has 19 heavy (non-hydrogen) atoms. The minimum atomic E-state index is -0.362. The smallest absolute Gasteiger partial charge is 0.259 e. The van der Waals surface area contributed by atoms with E-state index in [-0.39, 0.29) is 6.04 Å². The molecule has 5 nitrogen and oxygen atoms in total. The first-order valence-corrected chi connectivity index (χ1v) is 7.29. The zero-order valence-electron chi connectivity index (χ0n) is 11.0. The van der Waals surface area contributed by atoms with Crippen LogP contribution in [0.25, 0.3) is 11.5 Å². The number of aromatic nitrogens is 2. The number of benzene rings is 1. The van der Waals surface area contributed by atoms with Crippen molar-refractivity contribution in [3.8, 4) is 11.5 Å². The second kappa shape index (κ2) is 6.70. The summed E-state index contributed by atoms with van der Waals surface area (Å²) in [5, 5.41) is 3.92. The van der Waals surface area contributed by atoms with Gasteiger partial charge in [0.25, 0.3) is 5.89 Å². The van der Waals surface area contributed by atoms with Crippen LogP contribution in [0, 0.1) is 0 Å². The normalized spacial score (nSPS) is 12.6. The van der Waals surface area contributed by atoms with Crippen molar-refractivity contribution in [3.05, 3.63) is 30.1 Å². The molecule has 2 aromatic rings. The van der Waals surface area contributed by atoms with Crippen LogP contribution in [0.2, 0.25) is 0 Å². The number of ether oxygens (including phenoxy) is 1. The van der Waals surface area contributed by atoms with Crippen molar-refractivity contribution < 1.29 is 9.26 Å². The Morgan fingerprint density at radius 1 is 1.42 bits per heavy atom. The van der Waals surface area contributed by atoms with Crippen molar-refractivity contribution in [1.82, 2.24) is 10.1 Å². The number of thioether (sulfide) groups is 1. The van der Waals surface area contributed by atoms with Crippen LogP contribution in [0.15, 0.2) is 33.7 Å². The van der Waals surface area contributed by atoms with Gasteiger partial charge < -0.3 is 15.0 Å². The second-order valence-electron chi connectivity index (χ2n) is 3.92. The fourth-order valence-corrected chi connectivity index (χ4v) is 2.23. The van der Waals surface area contributed by atoms with Gasteiger partial charge in [-0.2, -0.15) is 4.98 Å². The number of hydrogen-bond donors (Lipinski definition) is 1. The van der Waals surface area contributed by atoms with E-state index in [9.17, 15) is 0 Å². The molecule has 6 heteroatoms. The largest absolute Gasteiger partial charge is 0.380 e. The highest BCUT2D eigenvalue weighted by molar-refractivity contribution is 7.98. The maximum absolute atomic E-state index is 5.93. The third-order valence-corrected chi connectivity index (χ3v) is 3.41. The van der Waals surface area contributed by atoms with Gasteiger partial charge in [-0.25, -0.2) is 0 Å². The first kappa shape index (κ1) is 14.0. The van der Waals surface area contributed by atoms with E-state index in [1.54, 1.807) is 11.8 Å². The fraction of sp³-hybridized carbons (Fsp3) is 0.385. The summed E-state index contributed by atoms with van der Waals surface area (Å²) in [4.78, 5) is 5.44. The van der Waals surface area contributed by atoms with E-state index in [0.717, 1.165) is 10.5 Å². The van der Waals surface area contributed by atoms with E-state index in [1.165, 1.54) is 0 Å². The Kier molecular flexibility index (Phi) is 4.95. The van der Waals surface area contributed by atoms with Crippen LogP contribution in [-0.2, 0) is 4.74 Å². The molecule has 0 bridgehead atoms. The first-order valence-electron chi connectivity index (χ1n) is 6.06. The van der Waals surface area contributed by atoms with Gasteiger partial charge in [0.15, 0.2) is 5.82 Å². The fourth-order valence-electron chi connectivity index (χ4n) is 1.64. The maximum atomic E-state index is 5.93. The molecule has 2 N–H and O–H groups in total. The molecule has 2 rings (SSSR count). The molecule has 0 aliphatic heterocycles. The van der Waals surface area contributed by atoms with Gasteiger partial charge in [-0.15, -0.1) is 11.8 Å². The average Bonchev–Trinajstić information content (AvgIpc) is 2.94. The lowest BCUT2D eigenvalue weighted by atomic mass is 10.2. The van der Waals surface area contributed by atoms with Gasteiger partial charge >= 0.3 is 0 Å². The summed E-state index contributed by atoms with van der Waals surface area (Å²) in [7, 11) is 0. The maximum Gasteiger partial charge on any atom is 0.259 e. The van der Waals surface area contributed by atoms with Crippen LogP contribution < -0.4 is 5.73 Å². The summed E-state index contributed by atoms with van der Waals surface area (Å²) < 4.78 is 10.5. The van der Waals surface area contributed by atoms with Crippen molar-refractivity contribution in [2.24, 2.45) is 5.73 Å². The molecule has 0 aliphatic carbocycles. The summed E-state index contributed by atoms with van der Waals surface area (Å²) in [6.45, 7) is 2.93. The molecule has 0 spiro atoms. The lowest BCUT2D eigenvalue weighted by molar-refractivity contribution is 0.130.